The monoisotopic (exact) mass is 577 g/mol. The van der Waals surface area contributed by atoms with Crippen LogP contribution in [0.15, 0.2) is 72.9 Å². The van der Waals surface area contributed by atoms with Crippen molar-refractivity contribution >= 4 is 22.3 Å². The van der Waals surface area contributed by atoms with Crippen molar-refractivity contribution in [1.29, 1.82) is 5.26 Å². The molecule has 1 aromatic heterocycles. The van der Waals surface area contributed by atoms with Crippen molar-refractivity contribution in [2.24, 2.45) is 0 Å². The zero-order valence-electron chi connectivity index (χ0n) is 24.8. The smallest absolute Gasteiger partial charge is 0.163 e. The number of para-hydroxylation sites is 1. The van der Waals surface area contributed by atoms with Crippen molar-refractivity contribution < 1.29 is 14.2 Å². The van der Waals surface area contributed by atoms with Crippen LogP contribution in [0.1, 0.15) is 37.7 Å². The first-order valence-corrected chi connectivity index (χ1v) is 15.3. The lowest BCUT2D eigenvalue weighted by atomic mass is 10.00. The second-order valence-corrected chi connectivity index (χ2v) is 11.3. The Kier molecular flexibility index (Phi) is 9.22. The molecule has 3 heterocycles. The van der Waals surface area contributed by atoms with Gasteiger partial charge in [0.15, 0.2) is 11.5 Å². The number of rotatable bonds is 10. The van der Waals surface area contributed by atoms with E-state index in [4.69, 9.17) is 14.2 Å². The Morgan fingerprint density at radius 1 is 0.907 bits per heavy atom. The Labute approximate surface area is 253 Å². The lowest BCUT2D eigenvalue weighted by Gasteiger charge is -2.40. The van der Waals surface area contributed by atoms with Crippen LogP contribution >= 0.6 is 0 Å². The topological polar surface area (TPSA) is 82.9 Å². The van der Waals surface area contributed by atoms with Gasteiger partial charge in [0.05, 0.1) is 23.9 Å². The zero-order valence-corrected chi connectivity index (χ0v) is 24.8. The number of piperidine rings is 2. The Morgan fingerprint density at radius 3 is 2.37 bits per heavy atom. The minimum absolute atomic E-state index is 0.445. The molecule has 0 spiro atoms. The summed E-state index contributed by atoms with van der Waals surface area (Å²) in [5, 5.41) is 14.1. The van der Waals surface area contributed by atoms with Gasteiger partial charge in [-0.05, 0) is 94.3 Å². The van der Waals surface area contributed by atoms with Gasteiger partial charge in [0.1, 0.15) is 24.2 Å². The van der Waals surface area contributed by atoms with Crippen LogP contribution in [0.4, 0.5) is 11.4 Å². The minimum atomic E-state index is 0.445. The van der Waals surface area contributed by atoms with E-state index < -0.39 is 0 Å². The summed E-state index contributed by atoms with van der Waals surface area (Å²) in [5.74, 6) is 2.77. The number of methoxy groups -OCH3 is 1. The van der Waals surface area contributed by atoms with Crippen molar-refractivity contribution in [3.8, 4) is 29.1 Å². The van der Waals surface area contributed by atoms with E-state index in [9.17, 15) is 5.26 Å². The normalized spacial score (nSPS) is 16.5. The Morgan fingerprint density at radius 2 is 1.65 bits per heavy atom. The van der Waals surface area contributed by atoms with Crippen LogP contribution in [0.2, 0.25) is 0 Å². The maximum absolute atomic E-state index is 9.86. The van der Waals surface area contributed by atoms with Crippen molar-refractivity contribution in [2.45, 2.75) is 38.1 Å². The van der Waals surface area contributed by atoms with Gasteiger partial charge >= 0.3 is 0 Å². The first kappa shape index (κ1) is 28.8. The van der Waals surface area contributed by atoms with Crippen LogP contribution in [0.25, 0.3) is 10.9 Å². The van der Waals surface area contributed by atoms with E-state index in [1.54, 1.807) is 13.3 Å². The Hall–Kier alpha value is -4.32. The minimum Gasteiger partial charge on any atom is -0.493 e. The van der Waals surface area contributed by atoms with Crippen LogP contribution in [0, 0.1) is 11.3 Å². The number of benzene rings is 3. The Balaban J connectivity index is 1.11. The van der Waals surface area contributed by atoms with Crippen molar-refractivity contribution in [2.75, 3.05) is 51.8 Å². The standard InChI is InChI=1S/C35H39N5O3/c1-41-33-22-31-32(23-34(33)42-21-20-39-18-14-28(15-19-39)40-16-6-3-7-17-40)37-25-26(24-36)35(31)38-27-10-12-30(13-11-27)43-29-8-4-2-5-9-29/h2,4-5,8-13,22-23,25,28H,3,6-7,14-21H2,1H3,(H,37,38). The molecule has 222 valence electrons. The molecule has 0 unspecified atom stereocenters. The van der Waals surface area contributed by atoms with Gasteiger partial charge in [-0.1, -0.05) is 24.6 Å². The molecule has 2 saturated heterocycles. The molecule has 2 fully saturated rings. The van der Waals surface area contributed by atoms with Gasteiger partial charge in [-0.3, -0.25) is 9.88 Å². The van der Waals surface area contributed by atoms with E-state index >= 15 is 0 Å². The molecule has 1 N–H and O–H groups in total. The van der Waals surface area contributed by atoms with Crippen molar-refractivity contribution in [3.63, 3.8) is 0 Å². The average molecular weight is 578 g/mol. The maximum Gasteiger partial charge on any atom is 0.163 e. The predicted octanol–water partition coefficient (Wildman–Crippen LogP) is 6.98. The van der Waals surface area contributed by atoms with Crippen molar-refractivity contribution in [1.82, 2.24) is 14.8 Å². The molecule has 2 aliphatic rings. The molecule has 0 atom stereocenters. The highest BCUT2D eigenvalue weighted by atomic mass is 16.5. The number of hydrogen-bond donors (Lipinski definition) is 1. The molecule has 43 heavy (non-hydrogen) atoms. The highest BCUT2D eigenvalue weighted by Crippen LogP contribution is 2.37. The summed E-state index contributed by atoms with van der Waals surface area (Å²) in [6.45, 7) is 6.23. The van der Waals surface area contributed by atoms with Gasteiger partial charge in [0.2, 0.25) is 0 Å². The summed E-state index contributed by atoms with van der Waals surface area (Å²) in [7, 11) is 1.64. The van der Waals surface area contributed by atoms with Gasteiger partial charge in [-0.25, -0.2) is 0 Å². The number of likely N-dealkylation sites (tertiary alicyclic amines) is 2. The number of aromatic nitrogens is 1. The molecule has 0 amide bonds. The van der Waals surface area contributed by atoms with Gasteiger partial charge in [-0.15, -0.1) is 0 Å². The van der Waals surface area contributed by atoms with Gasteiger partial charge in [0, 0.05) is 35.9 Å². The number of hydrogen-bond acceptors (Lipinski definition) is 8. The fourth-order valence-corrected chi connectivity index (χ4v) is 6.14. The molecule has 4 aromatic rings. The van der Waals surface area contributed by atoms with E-state index in [1.807, 2.05) is 66.7 Å². The van der Waals surface area contributed by atoms with Crippen LogP contribution in [-0.4, -0.2) is 67.3 Å². The third-order valence-corrected chi connectivity index (χ3v) is 8.51. The van der Waals surface area contributed by atoms with E-state index in [-0.39, 0.29) is 0 Å². The summed E-state index contributed by atoms with van der Waals surface area (Å²) in [5.41, 5.74) is 2.67. The number of fused-ring (bicyclic) bond motifs is 1. The molecule has 6 rings (SSSR count). The number of nitrogens with one attached hydrogen (secondary N) is 1. The summed E-state index contributed by atoms with van der Waals surface area (Å²) in [6, 6.07) is 24.1. The lowest BCUT2D eigenvalue weighted by Crippen LogP contribution is -2.47. The molecule has 0 aliphatic carbocycles. The summed E-state index contributed by atoms with van der Waals surface area (Å²) in [6.07, 6.45) is 8.16. The summed E-state index contributed by atoms with van der Waals surface area (Å²) < 4.78 is 17.9. The predicted molar refractivity (Wildman–Crippen MR) is 170 cm³/mol. The van der Waals surface area contributed by atoms with Gasteiger partial charge in [0.25, 0.3) is 0 Å². The second-order valence-electron chi connectivity index (χ2n) is 11.3. The molecule has 3 aromatic carbocycles. The molecule has 0 radical (unpaired) electrons. The van der Waals surface area contributed by atoms with Crippen LogP contribution in [0.3, 0.4) is 0 Å². The molecular formula is C35H39N5O3. The highest BCUT2D eigenvalue weighted by molar-refractivity contribution is 5.97. The molecule has 2 aliphatic heterocycles. The first-order valence-electron chi connectivity index (χ1n) is 15.3. The van der Waals surface area contributed by atoms with Crippen molar-refractivity contribution in [3.05, 3.63) is 78.5 Å². The SMILES string of the molecule is COc1cc2c(Nc3ccc(Oc4ccccc4)cc3)c(C#N)cnc2cc1OCCN1CCC(N2CCCCC2)CC1. The third kappa shape index (κ3) is 7.02. The number of nitrogens with zero attached hydrogens (tertiary/aromatic N) is 4. The van der Waals surface area contributed by atoms with E-state index in [0.29, 0.717) is 29.4 Å². The molecule has 0 bridgehead atoms. The molecule has 8 heteroatoms. The van der Waals surface area contributed by atoms with E-state index in [1.165, 1.54) is 45.2 Å². The van der Waals surface area contributed by atoms with Crippen LogP contribution < -0.4 is 19.5 Å². The number of ether oxygens (including phenoxy) is 3. The quantitative estimate of drug-likeness (QED) is 0.216. The Bertz CT molecular complexity index is 1540. The van der Waals surface area contributed by atoms with Crippen LogP contribution in [-0.2, 0) is 0 Å². The molecular weight excluding hydrogens is 538 g/mol. The fraction of sp³-hybridized carbons (Fsp3) is 0.371. The number of nitriles is 1. The first-order chi connectivity index (χ1) is 21.2. The third-order valence-electron chi connectivity index (χ3n) is 8.51. The van der Waals surface area contributed by atoms with E-state index in [0.717, 1.165) is 53.8 Å². The largest absolute Gasteiger partial charge is 0.493 e. The lowest BCUT2D eigenvalue weighted by molar-refractivity contribution is 0.0855. The maximum atomic E-state index is 9.86. The fourth-order valence-electron chi connectivity index (χ4n) is 6.14. The summed E-state index contributed by atoms with van der Waals surface area (Å²) in [4.78, 5) is 9.78. The average Bonchev–Trinajstić information content (AvgIpc) is 3.06. The van der Waals surface area contributed by atoms with Crippen LogP contribution in [0.5, 0.6) is 23.0 Å². The number of anilines is 2. The highest BCUT2D eigenvalue weighted by Gasteiger charge is 2.25. The molecule has 8 nitrogen and oxygen atoms in total. The molecule has 0 saturated carbocycles. The summed E-state index contributed by atoms with van der Waals surface area (Å²) >= 11 is 0. The van der Waals surface area contributed by atoms with Gasteiger partial charge in [-0.2, -0.15) is 5.26 Å². The second kappa shape index (κ2) is 13.8. The van der Waals surface area contributed by atoms with Gasteiger partial charge < -0.3 is 24.4 Å². The van der Waals surface area contributed by atoms with E-state index in [2.05, 4.69) is 26.2 Å². The zero-order chi connectivity index (χ0) is 29.4. The number of pyridine rings is 1.